The molecule has 3 N–H and O–H groups in total. The van der Waals surface area contributed by atoms with E-state index in [0.717, 1.165) is 5.56 Å². The van der Waals surface area contributed by atoms with E-state index in [-0.39, 0.29) is 17.9 Å². The summed E-state index contributed by atoms with van der Waals surface area (Å²) in [5.74, 6) is 0.0533. The van der Waals surface area contributed by atoms with Gasteiger partial charge in [-0.3, -0.25) is 9.59 Å². The average molecular weight is 305 g/mol. The molecule has 0 bridgehead atoms. The molecule has 0 aliphatic heterocycles. The normalized spacial score (nSPS) is 11.8. The Bertz CT molecular complexity index is 458. The molecule has 0 heterocycles. The number of nitrogens with zero attached hydrogens (tertiary/aromatic N) is 1. The molecule has 0 fully saturated rings. The molecule has 0 radical (unpaired) electrons. The van der Waals surface area contributed by atoms with E-state index in [2.05, 4.69) is 5.32 Å². The maximum Gasteiger partial charge on any atom is 0.222 e. The molecule has 122 valence electrons. The van der Waals surface area contributed by atoms with Crippen LogP contribution in [0.1, 0.15) is 44.7 Å². The van der Waals surface area contributed by atoms with Gasteiger partial charge in [0.1, 0.15) is 0 Å². The number of benzene rings is 1. The number of carbonyl (C=O) groups is 2. The van der Waals surface area contributed by atoms with Crippen molar-refractivity contribution < 1.29 is 9.59 Å². The van der Waals surface area contributed by atoms with Crippen molar-refractivity contribution in [1.82, 2.24) is 10.2 Å². The quantitative estimate of drug-likeness (QED) is 0.731. The lowest BCUT2D eigenvalue weighted by Crippen LogP contribution is -2.32. The van der Waals surface area contributed by atoms with Crippen molar-refractivity contribution in [1.29, 1.82) is 0 Å². The van der Waals surface area contributed by atoms with Crippen LogP contribution in [0.25, 0.3) is 0 Å². The van der Waals surface area contributed by atoms with Crippen molar-refractivity contribution in [2.45, 2.75) is 39.2 Å². The third-order valence-electron chi connectivity index (χ3n) is 3.66. The summed E-state index contributed by atoms with van der Waals surface area (Å²) in [5, 5.41) is 2.82. The van der Waals surface area contributed by atoms with Gasteiger partial charge in [0, 0.05) is 38.5 Å². The number of rotatable bonds is 9. The maximum absolute atomic E-state index is 11.8. The second-order valence-electron chi connectivity index (χ2n) is 5.24. The van der Waals surface area contributed by atoms with E-state index in [1.807, 2.05) is 44.2 Å². The molecule has 0 aliphatic carbocycles. The zero-order chi connectivity index (χ0) is 16.4. The van der Waals surface area contributed by atoms with Gasteiger partial charge >= 0.3 is 0 Å². The summed E-state index contributed by atoms with van der Waals surface area (Å²) in [6.07, 6.45) is 1.34. The van der Waals surface area contributed by atoms with Crippen LogP contribution < -0.4 is 11.1 Å². The first-order valence-corrected chi connectivity index (χ1v) is 7.93. The summed E-state index contributed by atoms with van der Waals surface area (Å²) >= 11 is 0. The third kappa shape index (κ3) is 6.26. The number of nitrogens with two attached hydrogens (primary N) is 1. The molecular formula is C17H27N3O2. The fraction of sp³-hybridized carbons (Fsp3) is 0.529. The molecule has 1 rings (SSSR count). The largest absolute Gasteiger partial charge is 0.354 e. The van der Waals surface area contributed by atoms with E-state index in [4.69, 9.17) is 5.73 Å². The predicted molar refractivity (Wildman–Crippen MR) is 88.2 cm³/mol. The van der Waals surface area contributed by atoms with Gasteiger partial charge in [0.25, 0.3) is 0 Å². The summed E-state index contributed by atoms with van der Waals surface area (Å²) in [7, 11) is 0. The van der Waals surface area contributed by atoms with E-state index in [1.54, 1.807) is 4.90 Å². The number of carbonyl (C=O) groups excluding carboxylic acids is 2. The molecule has 0 saturated heterocycles. The van der Waals surface area contributed by atoms with Gasteiger partial charge in [-0.15, -0.1) is 0 Å². The van der Waals surface area contributed by atoms with Gasteiger partial charge in [-0.05, 0) is 25.8 Å². The highest BCUT2D eigenvalue weighted by molar-refractivity contribution is 5.78. The van der Waals surface area contributed by atoms with Crippen LogP contribution in [0, 0.1) is 0 Å². The molecule has 0 spiro atoms. The van der Waals surface area contributed by atoms with Crippen LogP contribution in [0.15, 0.2) is 30.3 Å². The molecule has 0 aromatic heterocycles. The Morgan fingerprint density at radius 1 is 1.14 bits per heavy atom. The summed E-state index contributed by atoms with van der Waals surface area (Å²) in [6.45, 7) is 5.76. The fourth-order valence-electron chi connectivity index (χ4n) is 2.26. The van der Waals surface area contributed by atoms with Gasteiger partial charge in [0.2, 0.25) is 11.8 Å². The van der Waals surface area contributed by atoms with E-state index in [9.17, 15) is 9.59 Å². The number of amides is 2. The highest BCUT2D eigenvalue weighted by Gasteiger charge is 2.11. The zero-order valence-electron chi connectivity index (χ0n) is 13.5. The van der Waals surface area contributed by atoms with Gasteiger partial charge in [-0.2, -0.15) is 0 Å². The second-order valence-corrected chi connectivity index (χ2v) is 5.24. The topological polar surface area (TPSA) is 75.4 Å². The van der Waals surface area contributed by atoms with Gasteiger partial charge in [-0.1, -0.05) is 30.3 Å². The molecule has 1 atom stereocenters. The van der Waals surface area contributed by atoms with Crippen LogP contribution in [-0.4, -0.2) is 36.3 Å². The lowest BCUT2D eigenvalue weighted by Gasteiger charge is -2.18. The Labute approximate surface area is 132 Å². The fourth-order valence-corrected chi connectivity index (χ4v) is 2.26. The Morgan fingerprint density at radius 3 is 2.36 bits per heavy atom. The van der Waals surface area contributed by atoms with E-state index >= 15 is 0 Å². The summed E-state index contributed by atoms with van der Waals surface area (Å²) in [4.78, 5) is 25.4. The highest BCUT2D eigenvalue weighted by Crippen LogP contribution is 2.08. The lowest BCUT2D eigenvalue weighted by molar-refractivity contribution is -0.131. The first kappa shape index (κ1) is 18.2. The first-order chi connectivity index (χ1) is 10.6. The van der Waals surface area contributed by atoms with Gasteiger partial charge in [-0.25, -0.2) is 0 Å². The van der Waals surface area contributed by atoms with Crippen LogP contribution in [0.3, 0.4) is 0 Å². The first-order valence-electron chi connectivity index (χ1n) is 7.93. The smallest absolute Gasteiger partial charge is 0.222 e. The maximum atomic E-state index is 11.8. The van der Waals surface area contributed by atoms with Gasteiger partial charge < -0.3 is 16.0 Å². The highest BCUT2D eigenvalue weighted by atomic mass is 16.2. The minimum Gasteiger partial charge on any atom is -0.354 e. The molecule has 1 aromatic rings. The summed E-state index contributed by atoms with van der Waals surface area (Å²) in [5.41, 5.74) is 7.02. The third-order valence-corrected chi connectivity index (χ3v) is 3.66. The van der Waals surface area contributed by atoms with Crippen molar-refractivity contribution in [3.63, 3.8) is 0 Å². The molecule has 5 nitrogen and oxygen atoms in total. The number of nitrogens with one attached hydrogen (secondary N) is 1. The molecular weight excluding hydrogens is 278 g/mol. The van der Waals surface area contributed by atoms with Gasteiger partial charge in [0.15, 0.2) is 0 Å². The SMILES string of the molecule is CCN(CC)C(=O)CCCC(=O)NCC(N)c1ccccc1. The Kier molecular flexibility index (Phi) is 8.22. The molecule has 0 saturated carbocycles. The Balaban J connectivity index is 2.22. The summed E-state index contributed by atoms with van der Waals surface area (Å²) < 4.78 is 0. The lowest BCUT2D eigenvalue weighted by atomic mass is 10.1. The Morgan fingerprint density at radius 2 is 1.77 bits per heavy atom. The standard InChI is InChI=1S/C17H27N3O2/c1-3-20(4-2)17(22)12-8-11-16(21)19-13-15(18)14-9-6-5-7-10-14/h5-7,9-10,15H,3-4,8,11-13,18H2,1-2H3,(H,19,21). The molecule has 5 heteroatoms. The number of hydrogen-bond acceptors (Lipinski definition) is 3. The number of hydrogen-bond donors (Lipinski definition) is 2. The predicted octanol–water partition coefficient (Wildman–Crippen LogP) is 1.84. The van der Waals surface area contributed by atoms with E-state index in [1.165, 1.54) is 0 Å². The second kappa shape index (κ2) is 9.95. The minimum atomic E-state index is -0.206. The average Bonchev–Trinajstić information content (AvgIpc) is 2.54. The molecule has 1 aromatic carbocycles. The van der Waals surface area contributed by atoms with Crippen molar-refractivity contribution in [3.8, 4) is 0 Å². The van der Waals surface area contributed by atoms with Crippen LogP contribution in [0.5, 0.6) is 0 Å². The monoisotopic (exact) mass is 305 g/mol. The van der Waals surface area contributed by atoms with Crippen LogP contribution >= 0.6 is 0 Å². The molecule has 22 heavy (non-hydrogen) atoms. The van der Waals surface area contributed by atoms with E-state index in [0.29, 0.717) is 38.9 Å². The van der Waals surface area contributed by atoms with Crippen LogP contribution in [0.4, 0.5) is 0 Å². The van der Waals surface area contributed by atoms with Crippen molar-refractivity contribution in [2.24, 2.45) is 5.73 Å². The van der Waals surface area contributed by atoms with Crippen molar-refractivity contribution in [3.05, 3.63) is 35.9 Å². The van der Waals surface area contributed by atoms with Crippen LogP contribution in [0.2, 0.25) is 0 Å². The molecule has 1 unspecified atom stereocenters. The van der Waals surface area contributed by atoms with Gasteiger partial charge in [0.05, 0.1) is 0 Å². The van der Waals surface area contributed by atoms with Crippen molar-refractivity contribution in [2.75, 3.05) is 19.6 Å². The zero-order valence-corrected chi connectivity index (χ0v) is 13.5. The Hall–Kier alpha value is -1.88. The van der Waals surface area contributed by atoms with E-state index < -0.39 is 0 Å². The molecule has 2 amide bonds. The molecule has 0 aliphatic rings. The minimum absolute atomic E-state index is 0.0567. The van der Waals surface area contributed by atoms with Crippen molar-refractivity contribution >= 4 is 11.8 Å². The summed E-state index contributed by atoms with van der Waals surface area (Å²) in [6, 6.07) is 9.47. The van der Waals surface area contributed by atoms with Crippen LogP contribution in [-0.2, 0) is 9.59 Å².